The Hall–Kier alpha value is -7.10. The largest absolute Gasteiger partial charge is 0.453 e. The summed E-state index contributed by atoms with van der Waals surface area (Å²) in [6.45, 7) is 4.67. The number of carbonyl (C=O) groups excluding carboxylic acids is 4. The number of benzene rings is 4. The summed E-state index contributed by atoms with van der Waals surface area (Å²) in [6.07, 6.45) is 3.01. The summed E-state index contributed by atoms with van der Waals surface area (Å²) >= 11 is 0. The number of alkyl carbamates (subject to hydrolysis) is 2. The molecule has 2 aliphatic heterocycles. The Bertz CT molecular complexity index is 2770. The SMILES string of the molecule is COC(=O)NC(C(=O)N1CCC[C@H]1c1nc2ccc(-c3ccc4c(c3)C(F)(F)c3cc(-c5cnc([C@@H]6CCCN6C(=O)[C@@H](NC(=O)OC)C(C)C)[nH]5)ccc3-4)cc2[nH]1)c1ccccc1. The first kappa shape index (κ1) is 42.2. The van der Waals surface area contributed by atoms with Gasteiger partial charge in [0.1, 0.15) is 23.7 Å². The van der Waals surface area contributed by atoms with Crippen molar-refractivity contribution in [2.75, 3.05) is 27.3 Å². The second-order valence-electron chi connectivity index (χ2n) is 16.8. The lowest BCUT2D eigenvalue weighted by molar-refractivity contribution is -0.135. The lowest BCUT2D eigenvalue weighted by Gasteiger charge is -2.30. The van der Waals surface area contributed by atoms with Crippen LogP contribution in [0.25, 0.3) is 44.5 Å². The van der Waals surface area contributed by atoms with Gasteiger partial charge in [-0.1, -0.05) is 74.5 Å². The van der Waals surface area contributed by atoms with E-state index < -0.39 is 30.2 Å². The van der Waals surface area contributed by atoms with Crippen molar-refractivity contribution in [1.82, 2.24) is 40.4 Å². The number of hydrogen-bond donors (Lipinski definition) is 4. The highest BCUT2D eigenvalue weighted by Gasteiger charge is 2.45. The number of hydrogen-bond acceptors (Lipinski definition) is 8. The number of imidazole rings is 2. The second-order valence-corrected chi connectivity index (χ2v) is 16.8. The number of aromatic nitrogens is 4. The molecule has 0 saturated carbocycles. The van der Waals surface area contributed by atoms with Gasteiger partial charge in [0.15, 0.2) is 0 Å². The van der Waals surface area contributed by atoms with Crippen molar-refractivity contribution < 1.29 is 37.4 Å². The topological polar surface area (TPSA) is 175 Å². The van der Waals surface area contributed by atoms with Gasteiger partial charge in [-0.15, -0.1) is 0 Å². The molecule has 2 fully saturated rings. The van der Waals surface area contributed by atoms with E-state index in [-0.39, 0.29) is 40.9 Å². The molecular formula is C48H48F2N8O6. The molecule has 1 unspecified atom stereocenters. The maximum Gasteiger partial charge on any atom is 0.407 e. The van der Waals surface area contributed by atoms with Crippen LogP contribution in [0.4, 0.5) is 18.4 Å². The molecule has 330 valence electrons. The third-order valence-corrected chi connectivity index (χ3v) is 12.7. The monoisotopic (exact) mass is 870 g/mol. The molecule has 2 aromatic heterocycles. The number of amides is 4. The summed E-state index contributed by atoms with van der Waals surface area (Å²) in [7, 11) is 2.50. The van der Waals surface area contributed by atoms with E-state index in [0.29, 0.717) is 87.7 Å². The van der Waals surface area contributed by atoms with E-state index in [2.05, 4.69) is 25.6 Å². The number of carbonyl (C=O) groups is 4. The summed E-state index contributed by atoms with van der Waals surface area (Å²) in [5.74, 6) is -2.86. The molecule has 4 N–H and O–H groups in total. The van der Waals surface area contributed by atoms with E-state index in [1.54, 1.807) is 64.5 Å². The molecule has 4 atom stereocenters. The van der Waals surface area contributed by atoms with Gasteiger partial charge in [-0.2, -0.15) is 8.78 Å². The molecule has 16 heteroatoms. The molecule has 4 aromatic carbocycles. The Morgan fingerprint density at radius 2 is 1.33 bits per heavy atom. The minimum absolute atomic E-state index is 0.0955. The van der Waals surface area contributed by atoms with Gasteiger partial charge in [0.25, 0.3) is 11.8 Å². The second kappa shape index (κ2) is 16.9. The highest BCUT2D eigenvalue weighted by molar-refractivity contribution is 5.89. The summed E-state index contributed by atoms with van der Waals surface area (Å²) in [5.41, 5.74) is 5.09. The Balaban J connectivity index is 0.939. The predicted octanol–water partition coefficient (Wildman–Crippen LogP) is 8.55. The molecule has 6 aromatic rings. The number of H-pyrrole nitrogens is 2. The zero-order valence-electron chi connectivity index (χ0n) is 35.8. The van der Waals surface area contributed by atoms with Crippen molar-refractivity contribution in [2.45, 2.75) is 69.6 Å². The van der Waals surface area contributed by atoms with Crippen LogP contribution in [0.5, 0.6) is 0 Å². The number of fused-ring (bicyclic) bond motifs is 4. The number of alkyl halides is 2. The lowest BCUT2D eigenvalue weighted by atomic mass is 9.98. The molecule has 4 amide bonds. The highest BCUT2D eigenvalue weighted by atomic mass is 19.3. The number of likely N-dealkylation sites (tertiary alicyclic amines) is 2. The minimum Gasteiger partial charge on any atom is -0.453 e. The van der Waals surface area contributed by atoms with Gasteiger partial charge in [-0.05, 0) is 83.7 Å². The highest BCUT2D eigenvalue weighted by Crippen LogP contribution is 2.53. The van der Waals surface area contributed by atoms with E-state index in [0.717, 1.165) is 12.8 Å². The lowest BCUT2D eigenvalue weighted by Crippen LogP contribution is -2.51. The molecule has 0 bridgehead atoms. The first-order valence-corrected chi connectivity index (χ1v) is 21.4. The zero-order valence-corrected chi connectivity index (χ0v) is 35.8. The standard InChI is InChI=1S/C48H48F2N8O6/c1-26(2)40(55-46(61)63-3)44(59)57-20-8-12-38(57)42-51-25-37(54-42)30-15-18-32-31-17-14-28(22-33(31)48(49,50)34(32)23-30)29-16-19-35-36(24-29)53-43(52-35)39-13-9-21-58(39)45(60)41(56-47(62)64-4)27-10-6-5-7-11-27/h5-7,10-11,14-19,22-26,38-41H,8-9,12-13,20-21H2,1-4H3,(H,51,54)(H,52,53)(H,55,61)(H,56,62)/t38-,39-,40-,41?/m0/s1. The number of nitrogens with zero attached hydrogens (tertiary/aromatic N) is 4. The third kappa shape index (κ3) is 7.60. The number of nitrogens with one attached hydrogen (secondary N) is 4. The number of halogens is 2. The molecule has 2 saturated heterocycles. The van der Waals surface area contributed by atoms with Crippen molar-refractivity contribution >= 4 is 35.0 Å². The van der Waals surface area contributed by atoms with Crippen LogP contribution in [0.15, 0.2) is 91.1 Å². The Morgan fingerprint density at radius 3 is 2.00 bits per heavy atom. The Kier molecular flexibility index (Phi) is 11.1. The first-order valence-electron chi connectivity index (χ1n) is 21.4. The molecule has 14 nitrogen and oxygen atoms in total. The van der Waals surface area contributed by atoms with Gasteiger partial charge in [0.05, 0.1) is 49.2 Å². The first-order chi connectivity index (χ1) is 30.9. The van der Waals surface area contributed by atoms with Crippen LogP contribution in [0.1, 0.15) is 86.0 Å². The molecule has 64 heavy (non-hydrogen) atoms. The average Bonchev–Trinajstić information content (AvgIpc) is 4.17. The van der Waals surface area contributed by atoms with Crippen LogP contribution in [0.2, 0.25) is 0 Å². The van der Waals surface area contributed by atoms with Gasteiger partial charge in [0.2, 0.25) is 5.91 Å². The number of aromatic amines is 2. The molecule has 0 radical (unpaired) electrons. The molecule has 3 aliphatic rings. The Morgan fingerprint density at radius 1 is 0.734 bits per heavy atom. The third-order valence-electron chi connectivity index (χ3n) is 12.7. The van der Waals surface area contributed by atoms with Crippen molar-refractivity contribution in [1.29, 1.82) is 0 Å². The molecular weight excluding hydrogens is 823 g/mol. The van der Waals surface area contributed by atoms with Crippen LogP contribution in [-0.4, -0.2) is 87.1 Å². The molecule has 9 rings (SSSR count). The quantitative estimate of drug-likeness (QED) is 0.106. The van der Waals surface area contributed by atoms with Gasteiger partial charge in [-0.25, -0.2) is 19.6 Å². The van der Waals surface area contributed by atoms with Crippen molar-refractivity contribution in [3.63, 3.8) is 0 Å². The maximum atomic E-state index is 16.6. The van der Waals surface area contributed by atoms with Crippen LogP contribution in [0, 0.1) is 5.92 Å². The molecule has 4 heterocycles. The van der Waals surface area contributed by atoms with Gasteiger partial charge in [-0.3, -0.25) is 9.59 Å². The van der Waals surface area contributed by atoms with Gasteiger partial charge < -0.3 is 39.9 Å². The van der Waals surface area contributed by atoms with Gasteiger partial charge in [0, 0.05) is 29.8 Å². The summed E-state index contributed by atoms with van der Waals surface area (Å²) in [6, 6.07) is 22.2. The summed E-state index contributed by atoms with van der Waals surface area (Å²) in [4.78, 5) is 71.6. The fraction of sp³-hybridized carbons (Fsp3) is 0.333. The fourth-order valence-corrected chi connectivity index (χ4v) is 9.37. The van der Waals surface area contributed by atoms with Crippen LogP contribution < -0.4 is 10.6 Å². The number of rotatable bonds is 10. The molecule has 1 aliphatic carbocycles. The van der Waals surface area contributed by atoms with Crippen molar-refractivity contribution in [2.24, 2.45) is 5.92 Å². The van der Waals surface area contributed by atoms with E-state index >= 15 is 8.78 Å². The van der Waals surface area contributed by atoms with Crippen LogP contribution in [0.3, 0.4) is 0 Å². The van der Waals surface area contributed by atoms with Crippen molar-refractivity contribution in [3.8, 4) is 33.5 Å². The maximum absolute atomic E-state index is 16.6. The molecule has 0 spiro atoms. The fourth-order valence-electron chi connectivity index (χ4n) is 9.37. The normalized spacial score (nSPS) is 18.4. The van der Waals surface area contributed by atoms with Gasteiger partial charge >= 0.3 is 12.2 Å². The number of methoxy groups -OCH3 is 2. The van der Waals surface area contributed by atoms with E-state index in [4.69, 9.17) is 14.5 Å². The van der Waals surface area contributed by atoms with E-state index in [9.17, 15) is 19.2 Å². The minimum atomic E-state index is -3.29. The zero-order chi connectivity index (χ0) is 44.9. The predicted molar refractivity (Wildman–Crippen MR) is 234 cm³/mol. The Labute approximate surface area is 367 Å². The van der Waals surface area contributed by atoms with Crippen LogP contribution in [-0.2, 0) is 25.0 Å². The summed E-state index contributed by atoms with van der Waals surface area (Å²) < 4.78 is 42.7. The van der Waals surface area contributed by atoms with Crippen molar-refractivity contribution in [3.05, 3.63) is 119 Å². The van der Waals surface area contributed by atoms with Crippen LogP contribution >= 0.6 is 0 Å². The number of ether oxygens (including phenoxy) is 2. The van der Waals surface area contributed by atoms with E-state index in [1.807, 2.05) is 44.2 Å². The smallest absolute Gasteiger partial charge is 0.407 e. The summed E-state index contributed by atoms with van der Waals surface area (Å²) in [5, 5.41) is 5.34. The van der Waals surface area contributed by atoms with E-state index in [1.165, 1.54) is 20.3 Å². The average molecular weight is 871 g/mol.